The molecular formula is C34H38F5N3O2. The molecule has 1 unspecified atom stereocenters. The standard InChI is InChI=1S/C27H32F3N3O2.C7H6F2/c1-4-6-20(7-5-8-25(34)21-11-9-18(2)10-12-21)15-33-16-23-24(32-33)14-13-22(26(23)35)19(3)31-17-27(28,29)30;1-5-2-3-6(8)7(9)4-5/h9-14,16,20,31,35H,3-8,15,17H2,1-2H3;2-4H,1H3. The van der Waals surface area contributed by atoms with Gasteiger partial charge in [0.25, 0.3) is 0 Å². The molecule has 0 saturated heterocycles. The van der Waals surface area contributed by atoms with Crippen LogP contribution in [0.15, 0.2) is 67.4 Å². The first-order chi connectivity index (χ1) is 20.8. The number of carbonyl (C=O) groups excluding carboxylic acids is 1. The van der Waals surface area contributed by atoms with Crippen molar-refractivity contribution in [2.75, 3.05) is 6.54 Å². The second kappa shape index (κ2) is 15.5. The van der Waals surface area contributed by atoms with Crippen LogP contribution in [-0.2, 0) is 6.54 Å². The molecule has 0 aliphatic heterocycles. The van der Waals surface area contributed by atoms with Crippen LogP contribution in [0.4, 0.5) is 22.0 Å². The van der Waals surface area contributed by atoms with Gasteiger partial charge in [-0.1, -0.05) is 55.8 Å². The van der Waals surface area contributed by atoms with Gasteiger partial charge in [-0.05, 0) is 68.9 Å². The number of nitrogens with zero attached hydrogens (tertiary/aromatic N) is 2. The topological polar surface area (TPSA) is 67.2 Å². The third-order valence-electron chi connectivity index (χ3n) is 7.14. The van der Waals surface area contributed by atoms with Gasteiger partial charge in [0.15, 0.2) is 17.4 Å². The lowest BCUT2D eigenvalue weighted by Gasteiger charge is -2.16. The van der Waals surface area contributed by atoms with Crippen molar-refractivity contribution < 1.29 is 31.9 Å². The summed E-state index contributed by atoms with van der Waals surface area (Å²) in [6, 6.07) is 14.6. The Kier molecular flexibility index (Phi) is 12.1. The smallest absolute Gasteiger partial charge is 0.405 e. The molecule has 0 spiro atoms. The Morgan fingerprint density at radius 1 is 1.00 bits per heavy atom. The van der Waals surface area contributed by atoms with E-state index in [1.54, 1.807) is 23.9 Å². The van der Waals surface area contributed by atoms with Gasteiger partial charge in [0, 0.05) is 36.0 Å². The summed E-state index contributed by atoms with van der Waals surface area (Å²) in [5, 5.41) is 17.9. The second-order valence-corrected chi connectivity index (χ2v) is 10.9. The molecule has 5 nitrogen and oxygen atoms in total. The largest absolute Gasteiger partial charge is 0.506 e. The van der Waals surface area contributed by atoms with Crippen LogP contribution in [0.2, 0.25) is 0 Å². The van der Waals surface area contributed by atoms with Gasteiger partial charge in [-0.2, -0.15) is 18.3 Å². The molecule has 0 fully saturated rings. The Morgan fingerprint density at radius 3 is 2.30 bits per heavy atom. The zero-order valence-electron chi connectivity index (χ0n) is 25.1. The number of hydrogen-bond donors (Lipinski definition) is 2. The minimum absolute atomic E-state index is 0.00317. The summed E-state index contributed by atoms with van der Waals surface area (Å²) in [6.45, 7) is 8.84. The molecule has 0 radical (unpaired) electrons. The lowest BCUT2D eigenvalue weighted by Crippen LogP contribution is -2.27. The molecule has 0 amide bonds. The van der Waals surface area contributed by atoms with E-state index in [0.717, 1.165) is 54.5 Å². The second-order valence-electron chi connectivity index (χ2n) is 10.9. The molecular weight excluding hydrogens is 577 g/mol. The number of benzene rings is 3. The minimum Gasteiger partial charge on any atom is -0.506 e. The van der Waals surface area contributed by atoms with Gasteiger partial charge >= 0.3 is 6.18 Å². The van der Waals surface area contributed by atoms with Crippen LogP contribution in [0.3, 0.4) is 0 Å². The number of phenolic OH excluding ortho intramolecular Hbond substituents is 1. The molecule has 0 aliphatic carbocycles. The molecule has 0 bridgehead atoms. The number of hydrogen-bond acceptors (Lipinski definition) is 4. The van der Waals surface area contributed by atoms with Gasteiger partial charge in [-0.25, -0.2) is 8.78 Å². The van der Waals surface area contributed by atoms with E-state index in [4.69, 9.17) is 0 Å². The maximum Gasteiger partial charge on any atom is 0.405 e. The number of aryl methyl sites for hydroxylation is 2. The summed E-state index contributed by atoms with van der Waals surface area (Å²) < 4.78 is 63.6. The van der Waals surface area contributed by atoms with Gasteiger partial charge in [0.1, 0.15) is 12.3 Å². The van der Waals surface area contributed by atoms with Crippen molar-refractivity contribution in [1.29, 1.82) is 0 Å². The highest BCUT2D eigenvalue weighted by atomic mass is 19.4. The Morgan fingerprint density at radius 2 is 1.68 bits per heavy atom. The monoisotopic (exact) mass is 615 g/mol. The predicted molar refractivity (Wildman–Crippen MR) is 163 cm³/mol. The molecule has 0 aliphatic rings. The van der Waals surface area contributed by atoms with Crippen molar-refractivity contribution in [2.45, 2.75) is 65.6 Å². The van der Waals surface area contributed by atoms with E-state index in [2.05, 4.69) is 23.9 Å². The van der Waals surface area contributed by atoms with Gasteiger partial charge in [0.05, 0.1) is 10.9 Å². The minimum atomic E-state index is -4.38. The molecule has 4 aromatic rings. The third-order valence-corrected chi connectivity index (χ3v) is 7.14. The van der Waals surface area contributed by atoms with Crippen LogP contribution in [0.25, 0.3) is 16.6 Å². The number of fused-ring (bicyclic) bond motifs is 1. The number of alkyl halides is 3. The summed E-state index contributed by atoms with van der Waals surface area (Å²) >= 11 is 0. The Hall–Kier alpha value is -4.21. The quantitative estimate of drug-likeness (QED) is 0.123. The Labute approximate surface area is 254 Å². The maximum absolute atomic E-state index is 12.5. The summed E-state index contributed by atoms with van der Waals surface area (Å²) in [5.74, 6) is -1.27. The highest BCUT2D eigenvalue weighted by Gasteiger charge is 2.27. The SMILES string of the molecule is C=C(NCC(F)(F)F)c1ccc2nn(CC(CCC)CCCC(=O)c3ccc(C)cc3)cc2c1O.Cc1ccc(F)c(F)c1. The number of Topliss-reactive ketones (excluding diaryl/α,β-unsaturated/α-hetero) is 1. The number of ketones is 1. The lowest BCUT2D eigenvalue weighted by molar-refractivity contribution is -0.122. The van der Waals surface area contributed by atoms with Crippen molar-refractivity contribution in [3.8, 4) is 5.75 Å². The molecule has 10 heteroatoms. The Bertz CT molecular complexity index is 1560. The molecule has 44 heavy (non-hydrogen) atoms. The van der Waals surface area contributed by atoms with Crippen molar-refractivity contribution in [2.24, 2.45) is 5.92 Å². The predicted octanol–water partition coefficient (Wildman–Crippen LogP) is 8.92. The zero-order valence-corrected chi connectivity index (χ0v) is 25.1. The van der Waals surface area contributed by atoms with Crippen LogP contribution < -0.4 is 5.32 Å². The van der Waals surface area contributed by atoms with E-state index >= 15 is 0 Å². The van der Waals surface area contributed by atoms with E-state index in [1.165, 1.54) is 12.1 Å². The summed E-state index contributed by atoms with van der Waals surface area (Å²) in [7, 11) is 0. The van der Waals surface area contributed by atoms with Crippen LogP contribution in [0.1, 0.15) is 66.1 Å². The zero-order chi connectivity index (χ0) is 32.4. The van der Waals surface area contributed by atoms with E-state index in [0.29, 0.717) is 29.8 Å². The van der Waals surface area contributed by atoms with Crippen molar-refractivity contribution in [3.05, 3.63) is 101 Å². The van der Waals surface area contributed by atoms with Gasteiger partial charge < -0.3 is 10.4 Å². The molecule has 3 aromatic carbocycles. The first-order valence-corrected chi connectivity index (χ1v) is 14.5. The number of nitrogens with one attached hydrogen (secondary N) is 1. The van der Waals surface area contributed by atoms with Gasteiger partial charge in [-0.15, -0.1) is 0 Å². The molecule has 4 rings (SSSR count). The highest BCUT2D eigenvalue weighted by Crippen LogP contribution is 2.32. The number of aromatic hydroxyl groups is 1. The first kappa shape index (κ1) is 34.3. The van der Waals surface area contributed by atoms with Gasteiger partial charge in [-0.3, -0.25) is 9.48 Å². The summed E-state index contributed by atoms with van der Waals surface area (Å²) in [5.41, 5.74) is 3.35. The van der Waals surface area contributed by atoms with Crippen molar-refractivity contribution >= 4 is 22.4 Å². The number of halogens is 5. The average molecular weight is 616 g/mol. The number of aromatic nitrogens is 2. The number of carbonyl (C=O) groups is 1. The molecule has 1 atom stereocenters. The molecule has 236 valence electrons. The molecule has 2 N–H and O–H groups in total. The number of rotatable bonds is 12. The molecule has 1 heterocycles. The van der Waals surface area contributed by atoms with Crippen LogP contribution in [-0.4, -0.2) is 33.4 Å². The fourth-order valence-corrected chi connectivity index (χ4v) is 4.80. The first-order valence-electron chi connectivity index (χ1n) is 14.5. The maximum atomic E-state index is 12.5. The third kappa shape index (κ3) is 10.2. The Balaban J connectivity index is 0.000000502. The van der Waals surface area contributed by atoms with E-state index in [1.807, 2.05) is 31.2 Å². The lowest BCUT2D eigenvalue weighted by atomic mass is 9.95. The summed E-state index contributed by atoms with van der Waals surface area (Å²) in [4.78, 5) is 12.5. The fraction of sp³-hybridized carbons (Fsp3) is 0.353. The van der Waals surface area contributed by atoms with Crippen molar-refractivity contribution in [3.63, 3.8) is 0 Å². The normalized spacial score (nSPS) is 12.0. The van der Waals surface area contributed by atoms with Crippen LogP contribution in [0.5, 0.6) is 5.75 Å². The van der Waals surface area contributed by atoms with Gasteiger partial charge in [0.2, 0.25) is 0 Å². The fourth-order valence-electron chi connectivity index (χ4n) is 4.80. The average Bonchev–Trinajstić information content (AvgIpc) is 3.38. The van der Waals surface area contributed by atoms with Crippen molar-refractivity contribution in [1.82, 2.24) is 15.1 Å². The van der Waals surface area contributed by atoms with Crippen LogP contribution in [0, 0.1) is 31.4 Å². The summed E-state index contributed by atoms with van der Waals surface area (Å²) in [6.07, 6.45) is 1.44. The number of phenols is 1. The highest BCUT2D eigenvalue weighted by molar-refractivity contribution is 5.96. The van der Waals surface area contributed by atoms with Crippen LogP contribution >= 0.6 is 0 Å². The molecule has 0 saturated carbocycles. The van der Waals surface area contributed by atoms with E-state index in [-0.39, 0.29) is 22.8 Å². The van der Waals surface area contributed by atoms with E-state index < -0.39 is 24.4 Å². The van der Waals surface area contributed by atoms with E-state index in [9.17, 15) is 31.9 Å². The molecule has 1 aromatic heterocycles.